The van der Waals surface area contributed by atoms with Crippen molar-refractivity contribution in [1.29, 1.82) is 0 Å². The van der Waals surface area contributed by atoms with Gasteiger partial charge in [0.05, 0.1) is 24.9 Å². The molecule has 9 heteroatoms. The Labute approximate surface area is 234 Å². The van der Waals surface area contributed by atoms with E-state index in [0.29, 0.717) is 48.9 Å². The van der Waals surface area contributed by atoms with Crippen molar-refractivity contribution in [2.75, 3.05) is 19.8 Å². The Hall–Kier alpha value is -3.30. The van der Waals surface area contributed by atoms with Crippen LogP contribution in [0, 0.1) is 0 Å². The van der Waals surface area contributed by atoms with Crippen molar-refractivity contribution in [2.24, 2.45) is 0 Å². The van der Waals surface area contributed by atoms with Crippen molar-refractivity contribution in [3.8, 4) is 5.75 Å². The fraction of sp³-hybridized carbons (Fsp3) is 0.467. The second kappa shape index (κ2) is 15.3. The van der Waals surface area contributed by atoms with Crippen LogP contribution in [0.25, 0.3) is 6.08 Å². The third kappa shape index (κ3) is 9.44. The molecule has 0 saturated carbocycles. The number of ketones is 1. The molecular weight excluding hydrogens is 516 g/mol. The van der Waals surface area contributed by atoms with Crippen LogP contribution in [0.15, 0.2) is 46.9 Å². The molecule has 1 aliphatic heterocycles. The summed E-state index contributed by atoms with van der Waals surface area (Å²) in [5.41, 5.74) is 3.01. The highest BCUT2D eigenvalue weighted by Crippen LogP contribution is 2.25. The maximum Gasteiger partial charge on any atom is 0.333 e. The number of carbonyl (C=O) groups is 3. The van der Waals surface area contributed by atoms with E-state index in [9.17, 15) is 14.4 Å². The summed E-state index contributed by atoms with van der Waals surface area (Å²) in [5.74, 6) is -0.776. The molecule has 3 rings (SSSR count). The van der Waals surface area contributed by atoms with Gasteiger partial charge in [0.1, 0.15) is 16.9 Å². The van der Waals surface area contributed by atoms with Crippen LogP contribution in [-0.2, 0) is 30.3 Å². The SMILES string of the molecule is CCCCOc1ccc(C[C@H](NC(=O)C(=O)C2CCCO2)c2nc(/C=C(C)/C=C(/C)C(=O)OCC)cs2)cc1. The van der Waals surface area contributed by atoms with E-state index in [0.717, 1.165) is 36.1 Å². The normalized spacial score (nSPS) is 16.6. The second-order valence-corrected chi connectivity index (χ2v) is 10.4. The monoisotopic (exact) mass is 554 g/mol. The smallest absolute Gasteiger partial charge is 0.333 e. The quantitative estimate of drug-likeness (QED) is 0.110. The highest BCUT2D eigenvalue weighted by Gasteiger charge is 2.31. The predicted molar refractivity (Wildman–Crippen MR) is 152 cm³/mol. The molecule has 1 N–H and O–H groups in total. The van der Waals surface area contributed by atoms with E-state index in [1.165, 1.54) is 11.3 Å². The summed E-state index contributed by atoms with van der Waals surface area (Å²) < 4.78 is 16.2. The maximum absolute atomic E-state index is 12.9. The van der Waals surface area contributed by atoms with E-state index in [1.807, 2.05) is 42.6 Å². The third-order valence-electron chi connectivity index (χ3n) is 6.14. The lowest BCUT2D eigenvalue weighted by Crippen LogP contribution is -2.40. The van der Waals surface area contributed by atoms with Gasteiger partial charge in [0.25, 0.3) is 5.91 Å². The molecule has 1 fully saturated rings. The van der Waals surface area contributed by atoms with E-state index in [4.69, 9.17) is 19.2 Å². The van der Waals surface area contributed by atoms with Gasteiger partial charge in [-0.05, 0) is 81.9 Å². The Bertz CT molecular complexity index is 1180. The van der Waals surface area contributed by atoms with Gasteiger partial charge in [-0.25, -0.2) is 9.78 Å². The highest BCUT2D eigenvalue weighted by atomic mass is 32.1. The number of allylic oxidation sites excluding steroid dienone is 2. The number of hydrogen-bond donors (Lipinski definition) is 1. The summed E-state index contributed by atoms with van der Waals surface area (Å²) in [6.45, 7) is 8.95. The van der Waals surface area contributed by atoms with Crippen LogP contribution < -0.4 is 10.1 Å². The molecule has 0 spiro atoms. The lowest BCUT2D eigenvalue weighted by atomic mass is 10.0. The molecule has 39 heavy (non-hydrogen) atoms. The van der Waals surface area contributed by atoms with Crippen LogP contribution in [0.3, 0.4) is 0 Å². The van der Waals surface area contributed by atoms with Crippen LogP contribution in [-0.4, -0.2) is 48.6 Å². The summed E-state index contributed by atoms with van der Waals surface area (Å²) in [4.78, 5) is 42.2. The summed E-state index contributed by atoms with van der Waals surface area (Å²) in [7, 11) is 0. The number of unbranched alkanes of at least 4 members (excludes halogenated alkanes) is 1. The minimum absolute atomic E-state index is 0.319. The zero-order valence-corrected chi connectivity index (χ0v) is 24.0. The van der Waals surface area contributed by atoms with Crippen molar-refractivity contribution in [2.45, 2.75) is 71.9 Å². The van der Waals surface area contributed by atoms with Crippen molar-refractivity contribution in [1.82, 2.24) is 10.3 Å². The van der Waals surface area contributed by atoms with E-state index in [1.54, 1.807) is 19.9 Å². The number of benzene rings is 1. The molecule has 0 radical (unpaired) electrons. The number of amides is 1. The zero-order valence-electron chi connectivity index (χ0n) is 23.2. The first-order valence-corrected chi connectivity index (χ1v) is 14.4. The largest absolute Gasteiger partial charge is 0.494 e. The Balaban J connectivity index is 1.78. The fourth-order valence-corrected chi connectivity index (χ4v) is 4.93. The van der Waals surface area contributed by atoms with Crippen molar-refractivity contribution in [3.05, 3.63) is 63.1 Å². The first-order valence-electron chi connectivity index (χ1n) is 13.5. The first kappa shape index (κ1) is 30.2. The Morgan fingerprint density at radius 2 is 1.97 bits per heavy atom. The van der Waals surface area contributed by atoms with Crippen molar-refractivity contribution < 1.29 is 28.6 Å². The number of aromatic nitrogens is 1. The van der Waals surface area contributed by atoms with Gasteiger partial charge in [-0.1, -0.05) is 25.5 Å². The summed E-state index contributed by atoms with van der Waals surface area (Å²) in [5, 5.41) is 5.46. The molecule has 8 nitrogen and oxygen atoms in total. The number of nitrogens with zero attached hydrogens (tertiary/aromatic N) is 1. The van der Waals surface area contributed by atoms with Crippen molar-refractivity contribution in [3.63, 3.8) is 0 Å². The van der Waals surface area contributed by atoms with Crippen LogP contribution in [0.4, 0.5) is 0 Å². The van der Waals surface area contributed by atoms with E-state index in [2.05, 4.69) is 12.2 Å². The van der Waals surface area contributed by atoms with Gasteiger partial charge in [0, 0.05) is 17.6 Å². The van der Waals surface area contributed by atoms with Gasteiger partial charge in [-0.3, -0.25) is 9.59 Å². The Morgan fingerprint density at radius 1 is 1.21 bits per heavy atom. The Kier molecular flexibility index (Phi) is 11.9. The number of hydrogen-bond acceptors (Lipinski definition) is 8. The average molecular weight is 555 g/mol. The van der Waals surface area contributed by atoms with Gasteiger partial charge < -0.3 is 19.5 Å². The molecule has 2 atom stereocenters. The topological polar surface area (TPSA) is 104 Å². The number of rotatable bonds is 14. The molecule has 2 aromatic rings. The minimum atomic E-state index is -0.683. The number of Topliss-reactive ketones (excluding diaryl/α,β-unsaturated/α-hetero) is 1. The molecule has 1 saturated heterocycles. The third-order valence-corrected chi connectivity index (χ3v) is 7.11. The molecular formula is C30H38N2O6S. The van der Waals surface area contributed by atoms with Gasteiger partial charge >= 0.3 is 5.97 Å². The van der Waals surface area contributed by atoms with E-state index < -0.39 is 23.8 Å². The van der Waals surface area contributed by atoms with Gasteiger partial charge in [-0.15, -0.1) is 11.3 Å². The molecule has 0 aliphatic carbocycles. The molecule has 1 unspecified atom stereocenters. The highest BCUT2D eigenvalue weighted by molar-refractivity contribution is 7.09. The molecule has 2 heterocycles. The number of ether oxygens (including phenoxy) is 3. The van der Waals surface area contributed by atoms with Gasteiger partial charge in [0.2, 0.25) is 5.78 Å². The number of carbonyl (C=O) groups excluding carboxylic acids is 3. The number of esters is 1. The molecule has 210 valence electrons. The summed E-state index contributed by atoms with van der Waals surface area (Å²) >= 11 is 1.40. The number of nitrogens with one attached hydrogen (secondary N) is 1. The lowest BCUT2D eigenvalue weighted by molar-refractivity contribution is -0.143. The standard InChI is InChI=1S/C30H38N2O6S/c1-5-7-14-37-24-12-10-22(11-13-24)18-25(32-28(34)27(33)26-9-8-15-38-26)29-31-23(19-39-29)17-20(3)16-21(4)30(35)36-6-2/h10-13,16-17,19,25-26H,5-9,14-15,18H2,1-4H3,(H,32,34)/b20-17+,21-16-/t25-,26?/m0/s1. The van der Waals surface area contributed by atoms with Crippen LogP contribution in [0.5, 0.6) is 5.75 Å². The van der Waals surface area contributed by atoms with Crippen LogP contribution in [0.2, 0.25) is 0 Å². The lowest BCUT2D eigenvalue weighted by Gasteiger charge is -2.18. The van der Waals surface area contributed by atoms with Crippen molar-refractivity contribution >= 4 is 35.1 Å². The summed E-state index contributed by atoms with van der Waals surface area (Å²) in [6, 6.07) is 7.25. The molecule has 1 aliphatic rings. The maximum atomic E-state index is 12.9. The average Bonchev–Trinajstić information content (AvgIpc) is 3.62. The molecule has 0 bridgehead atoms. The first-order chi connectivity index (χ1) is 18.8. The van der Waals surface area contributed by atoms with Gasteiger partial charge in [-0.2, -0.15) is 0 Å². The van der Waals surface area contributed by atoms with Gasteiger partial charge in [0.15, 0.2) is 0 Å². The fourth-order valence-electron chi connectivity index (χ4n) is 4.10. The minimum Gasteiger partial charge on any atom is -0.494 e. The number of thiazole rings is 1. The van der Waals surface area contributed by atoms with Crippen LogP contribution in [0.1, 0.15) is 75.7 Å². The van der Waals surface area contributed by atoms with E-state index in [-0.39, 0.29) is 5.97 Å². The second-order valence-electron chi connectivity index (χ2n) is 9.49. The predicted octanol–water partition coefficient (Wildman–Crippen LogP) is 5.38. The van der Waals surface area contributed by atoms with E-state index >= 15 is 0 Å². The Morgan fingerprint density at radius 3 is 2.64 bits per heavy atom. The molecule has 1 aromatic heterocycles. The molecule has 1 amide bonds. The molecule has 1 aromatic carbocycles. The summed E-state index contributed by atoms with van der Waals surface area (Å²) in [6.07, 6.45) is 6.77. The zero-order chi connectivity index (χ0) is 28.2. The van der Waals surface area contributed by atoms with Crippen LogP contribution >= 0.6 is 11.3 Å².